The lowest BCUT2D eigenvalue weighted by Gasteiger charge is -2.05. The van der Waals surface area contributed by atoms with E-state index >= 15 is 0 Å². The van der Waals surface area contributed by atoms with E-state index in [0.717, 1.165) is 0 Å². The summed E-state index contributed by atoms with van der Waals surface area (Å²) < 4.78 is 74.9. The number of hydrogen-bond donors (Lipinski definition) is 0. The molecule has 0 aliphatic rings. The van der Waals surface area contributed by atoms with Crippen LogP contribution in [0.25, 0.3) is 0 Å². The smallest absolute Gasteiger partial charge is 0.366 e. The van der Waals surface area contributed by atoms with Crippen molar-refractivity contribution in [2.45, 2.75) is 12.4 Å². The van der Waals surface area contributed by atoms with Gasteiger partial charge in [-0.25, -0.2) is 9.59 Å². The monoisotopic (exact) mass is 353 g/mol. The van der Waals surface area contributed by atoms with Gasteiger partial charge in [-0.05, 0) is 0 Å². The predicted molar refractivity (Wildman–Crippen MR) is 38.3 cm³/mol. The van der Waals surface area contributed by atoms with E-state index in [4.69, 9.17) is 0 Å². The molecule has 0 heterocycles. The summed E-state index contributed by atoms with van der Waals surface area (Å²) in [5, 5.41) is 0. The third-order valence-electron chi connectivity index (χ3n) is 0.666. The minimum atomic E-state index is -5.33. The van der Waals surface area contributed by atoms with E-state index in [1.54, 1.807) is 0 Å². The maximum absolute atomic E-state index is 11.4. The molecule has 0 fully saturated rings. The molecule has 0 unspecified atom stereocenters. The van der Waals surface area contributed by atoms with Crippen molar-refractivity contribution in [3.63, 3.8) is 0 Å². The van der Waals surface area contributed by atoms with Crippen LogP contribution in [0.4, 0.5) is 26.3 Å². The number of rotatable bonds is 2. The first-order chi connectivity index (χ1) is 6.55. The Kier molecular flexibility index (Phi) is 4.61. The fourth-order valence-corrected chi connectivity index (χ4v) is 1.08. The SMILES string of the molecule is O=C(O[I]OC(=O)C(F)(F)F)C(F)(F)F. The molecule has 89 valence electrons. The van der Waals surface area contributed by atoms with Crippen molar-refractivity contribution in [3.8, 4) is 0 Å². The van der Waals surface area contributed by atoms with E-state index in [1.165, 1.54) is 0 Å². The predicted octanol–water partition coefficient (Wildman–Crippen LogP) is 2.00. The van der Waals surface area contributed by atoms with E-state index in [2.05, 4.69) is 6.13 Å². The Morgan fingerprint density at radius 1 is 0.800 bits per heavy atom. The highest BCUT2D eigenvalue weighted by atomic mass is 127. The molecule has 0 aliphatic carbocycles. The summed E-state index contributed by atoms with van der Waals surface area (Å²) in [5.41, 5.74) is 0. The Morgan fingerprint density at radius 3 is 1.27 bits per heavy atom. The highest BCUT2D eigenvalue weighted by Gasteiger charge is 2.44. The largest absolute Gasteiger partial charge is 0.491 e. The Labute approximate surface area is 88.9 Å². The van der Waals surface area contributed by atoms with E-state index in [9.17, 15) is 35.9 Å². The molecule has 0 amide bonds. The van der Waals surface area contributed by atoms with Gasteiger partial charge in [0.2, 0.25) is 0 Å². The van der Waals surface area contributed by atoms with E-state index in [-0.39, 0.29) is 0 Å². The minimum Gasteiger partial charge on any atom is -0.366 e. The first-order valence-corrected chi connectivity index (χ1v) is 4.52. The highest BCUT2D eigenvalue weighted by molar-refractivity contribution is 14.2. The number of carbonyl (C=O) groups excluding carboxylic acids is 2. The molecule has 0 spiro atoms. The van der Waals surface area contributed by atoms with Crippen LogP contribution in [0.2, 0.25) is 0 Å². The lowest BCUT2D eigenvalue weighted by Crippen LogP contribution is -2.25. The second-order valence-electron chi connectivity index (χ2n) is 1.79. The molecule has 0 N–H and O–H groups in total. The van der Waals surface area contributed by atoms with Gasteiger partial charge in [-0.15, -0.1) is 0 Å². The Morgan fingerprint density at radius 2 is 1.07 bits per heavy atom. The van der Waals surface area contributed by atoms with Crippen molar-refractivity contribution in [2.75, 3.05) is 0 Å². The van der Waals surface area contributed by atoms with Crippen molar-refractivity contribution in [1.82, 2.24) is 0 Å². The van der Waals surface area contributed by atoms with Gasteiger partial charge in [-0.2, -0.15) is 26.3 Å². The average Bonchev–Trinajstić information content (AvgIpc) is 2.00. The van der Waals surface area contributed by atoms with Crippen LogP contribution in [-0.2, 0) is 15.7 Å². The molecule has 15 heavy (non-hydrogen) atoms. The number of halogens is 7. The summed E-state index contributed by atoms with van der Waals surface area (Å²) in [6, 6.07) is 0. The maximum atomic E-state index is 11.4. The quantitative estimate of drug-likeness (QED) is 0.563. The van der Waals surface area contributed by atoms with Gasteiger partial charge in [-0.1, -0.05) is 0 Å². The second kappa shape index (κ2) is 4.85. The van der Waals surface area contributed by atoms with E-state index in [1.807, 2.05) is 0 Å². The molecular weight excluding hydrogens is 353 g/mol. The molecule has 0 atom stereocenters. The minimum absolute atomic E-state index is 2.70. The Bertz CT molecular complexity index is 231. The third kappa shape index (κ3) is 5.64. The molecule has 1 radical (unpaired) electrons. The molecule has 0 aromatic rings. The van der Waals surface area contributed by atoms with Crippen molar-refractivity contribution in [2.24, 2.45) is 0 Å². The zero-order valence-electron chi connectivity index (χ0n) is 6.28. The molecule has 4 nitrogen and oxygen atoms in total. The van der Waals surface area contributed by atoms with Crippen LogP contribution in [0.15, 0.2) is 0 Å². The molecule has 0 rings (SSSR count). The van der Waals surface area contributed by atoms with Crippen LogP contribution in [0, 0.1) is 0 Å². The van der Waals surface area contributed by atoms with Crippen LogP contribution in [-0.4, -0.2) is 24.3 Å². The van der Waals surface area contributed by atoms with Crippen LogP contribution < -0.4 is 0 Å². The zero-order chi connectivity index (χ0) is 12.3. The molecule has 0 saturated heterocycles. The zero-order valence-corrected chi connectivity index (χ0v) is 8.44. The van der Waals surface area contributed by atoms with Crippen molar-refractivity contribution in [3.05, 3.63) is 0 Å². The van der Waals surface area contributed by atoms with E-state index in [0.29, 0.717) is 0 Å². The Balaban J connectivity index is 3.92. The summed E-state index contributed by atoms with van der Waals surface area (Å²) in [6.07, 6.45) is -10.7. The van der Waals surface area contributed by atoms with Crippen molar-refractivity contribution >= 4 is 34.0 Å². The van der Waals surface area contributed by atoms with Gasteiger partial charge in [0.15, 0.2) is 0 Å². The normalized spacial score (nSPS) is 12.1. The lowest BCUT2D eigenvalue weighted by molar-refractivity contribution is -0.188. The molecule has 0 bridgehead atoms. The van der Waals surface area contributed by atoms with Crippen LogP contribution in [0.1, 0.15) is 0 Å². The van der Waals surface area contributed by atoms with Crippen LogP contribution in [0.5, 0.6) is 0 Å². The number of alkyl halides is 6. The summed E-state index contributed by atoms with van der Waals surface area (Å²) in [7, 11) is 0. The summed E-state index contributed by atoms with van der Waals surface area (Å²) in [6.45, 7) is 0. The number of carbonyl (C=O) groups is 2. The first-order valence-electron chi connectivity index (χ1n) is 2.76. The van der Waals surface area contributed by atoms with Gasteiger partial charge in [0.1, 0.15) is 0 Å². The maximum Gasteiger partial charge on any atom is 0.491 e. The molecule has 0 aromatic heterocycles. The van der Waals surface area contributed by atoms with Crippen LogP contribution >= 0.6 is 22.0 Å². The summed E-state index contributed by atoms with van der Waals surface area (Å²) in [4.78, 5) is 19.8. The molecule has 0 saturated carbocycles. The van der Waals surface area contributed by atoms with Gasteiger partial charge < -0.3 is 6.13 Å². The average molecular weight is 353 g/mol. The van der Waals surface area contributed by atoms with Crippen molar-refractivity contribution < 1.29 is 42.1 Å². The van der Waals surface area contributed by atoms with Gasteiger partial charge >= 0.3 is 46.3 Å². The van der Waals surface area contributed by atoms with Crippen LogP contribution in [0.3, 0.4) is 0 Å². The lowest BCUT2D eigenvalue weighted by atomic mass is 10.7. The van der Waals surface area contributed by atoms with Gasteiger partial charge in [0.05, 0.1) is 0 Å². The molecule has 11 heteroatoms. The fraction of sp³-hybridized carbons (Fsp3) is 0.500. The van der Waals surface area contributed by atoms with Crippen molar-refractivity contribution in [1.29, 1.82) is 0 Å². The molecular formula is C4F6IO4. The second-order valence-corrected chi connectivity index (χ2v) is 3.03. The van der Waals surface area contributed by atoms with Gasteiger partial charge in [-0.3, -0.25) is 0 Å². The number of hydrogen-bond acceptors (Lipinski definition) is 4. The molecule has 0 aromatic carbocycles. The summed E-state index contributed by atoms with van der Waals surface area (Å²) >= 11 is -2.73. The van der Waals surface area contributed by atoms with E-state index < -0.39 is 46.3 Å². The summed E-state index contributed by atoms with van der Waals surface area (Å²) in [5.74, 6) is -5.41. The standard InChI is InChI=1S/C4F6IO4/c5-3(6,7)1(12)14-11-15-2(13)4(8,9)10. The first kappa shape index (κ1) is 14.2. The van der Waals surface area contributed by atoms with Gasteiger partial charge in [0, 0.05) is 0 Å². The highest BCUT2D eigenvalue weighted by Crippen LogP contribution is 2.27. The Hall–Kier alpha value is -0.750. The fourth-order valence-electron chi connectivity index (χ4n) is 0.160. The third-order valence-corrected chi connectivity index (χ3v) is 1.83. The van der Waals surface area contributed by atoms with Gasteiger partial charge in [0.25, 0.3) is 0 Å². The topological polar surface area (TPSA) is 52.6 Å². The molecule has 0 aliphatic heterocycles.